The van der Waals surface area contributed by atoms with Gasteiger partial charge in [-0.05, 0) is 51.4 Å². The Morgan fingerprint density at radius 2 is 1.06 bits per heavy atom. The third-order valence-corrected chi connectivity index (χ3v) is 8.84. The number of hydrogen-bond acceptors (Lipinski definition) is 9. The first-order valence-corrected chi connectivity index (χ1v) is 20.5. The summed E-state index contributed by atoms with van der Waals surface area (Å²) in [5.74, 6) is -2.40. The van der Waals surface area contributed by atoms with E-state index >= 15 is 0 Å². The molecule has 3 unspecified atom stereocenters. The van der Waals surface area contributed by atoms with Gasteiger partial charge in [-0.2, -0.15) is 0 Å². The molecule has 0 saturated carbocycles. The second kappa shape index (κ2) is 33.8. The maximum absolute atomic E-state index is 12.5. The molecule has 0 aliphatic rings. The van der Waals surface area contributed by atoms with E-state index < -0.39 is 51.1 Å². The third-order valence-electron chi connectivity index (χ3n) is 7.89. The van der Waals surface area contributed by atoms with Gasteiger partial charge in [-0.15, -0.1) is 0 Å². The number of hydrogen-bond donors (Lipinski definition) is 3. The highest BCUT2D eigenvalue weighted by Crippen LogP contribution is 2.43. The van der Waals surface area contributed by atoms with E-state index in [-0.39, 0.29) is 19.4 Å². The molecule has 50 heavy (non-hydrogen) atoms. The number of carboxylic acids is 1. The van der Waals surface area contributed by atoms with Gasteiger partial charge < -0.3 is 25.2 Å². The van der Waals surface area contributed by atoms with Crippen molar-refractivity contribution < 1.29 is 47.5 Å². The van der Waals surface area contributed by atoms with Crippen molar-refractivity contribution in [1.82, 2.24) is 0 Å². The lowest BCUT2D eigenvalue weighted by atomic mass is 10.1. The summed E-state index contributed by atoms with van der Waals surface area (Å²) >= 11 is 0. The van der Waals surface area contributed by atoms with Gasteiger partial charge >= 0.3 is 25.7 Å². The van der Waals surface area contributed by atoms with Crippen molar-refractivity contribution >= 4 is 25.7 Å². The van der Waals surface area contributed by atoms with Gasteiger partial charge in [0.1, 0.15) is 12.6 Å². The van der Waals surface area contributed by atoms with Crippen molar-refractivity contribution in [2.45, 2.75) is 167 Å². The van der Waals surface area contributed by atoms with Crippen LogP contribution in [-0.2, 0) is 37.5 Å². The zero-order chi connectivity index (χ0) is 37.1. The van der Waals surface area contributed by atoms with E-state index in [1.165, 1.54) is 44.9 Å². The Labute approximate surface area is 302 Å². The number of unbranched alkanes of at least 4 members (excludes halogenated alkanes) is 15. The molecule has 0 aromatic rings. The topological polar surface area (TPSA) is 172 Å². The molecule has 0 aromatic heterocycles. The molecule has 0 amide bonds. The van der Waals surface area contributed by atoms with Crippen LogP contribution in [0, 0.1) is 0 Å². The molecule has 0 spiro atoms. The van der Waals surface area contributed by atoms with Crippen LogP contribution in [0.1, 0.15) is 155 Å². The zero-order valence-corrected chi connectivity index (χ0v) is 31.9. The zero-order valence-electron chi connectivity index (χ0n) is 31.0. The lowest BCUT2D eigenvalue weighted by Gasteiger charge is -2.20. The molecular formula is C38H68NO10P. The molecule has 290 valence electrons. The van der Waals surface area contributed by atoms with Gasteiger partial charge in [-0.1, -0.05) is 127 Å². The minimum Gasteiger partial charge on any atom is -0.480 e. The summed E-state index contributed by atoms with van der Waals surface area (Å²) in [5.41, 5.74) is 5.30. The first-order chi connectivity index (χ1) is 24.1. The van der Waals surface area contributed by atoms with Crippen LogP contribution in [-0.4, -0.2) is 59.9 Å². The van der Waals surface area contributed by atoms with E-state index in [0.717, 1.165) is 70.6 Å². The highest BCUT2D eigenvalue weighted by molar-refractivity contribution is 7.47. The molecule has 0 aliphatic carbocycles. The highest BCUT2D eigenvalue weighted by Gasteiger charge is 2.28. The van der Waals surface area contributed by atoms with Gasteiger partial charge in [-0.25, -0.2) is 4.57 Å². The number of ether oxygens (including phenoxy) is 2. The van der Waals surface area contributed by atoms with Gasteiger partial charge in [0, 0.05) is 12.8 Å². The number of esters is 2. The smallest absolute Gasteiger partial charge is 0.472 e. The number of carbonyl (C=O) groups is 3. The maximum atomic E-state index is 12.5. The third kappa shape index (κ3) is 32.9. The van der Waals surface area contributed by atoms with Crippen LogP contribution in [0.2, 0.25) is 0 Å². The molecule has 12 heteroatoms. The summed E-state index contributed by atoms with van der Waals surface area (Å²) in [6.45, 7) is 2.68. The molecule has 3 atom stereocenters. The molecule has 0 radical (unpaired) electrons. The van der Waals surface area contributed by atoms with Gasteiger partial charge in [0.15, 0.2) is 6.10 Å². The van der Waals surface area contributed by atoms with E-state index in [1.54, 1.807) is 0 Å². The molecular weight excluding hydrogens is 661 g/mol. The van der Waals surface area contributed by atoms with Gasteiger partial charge in [0.2, 0.25) is 0 Å². The first kappa shape index (κ1) is 47.7. The monoisotopic (exact) mass is 729 g/mol. The van der Waals surface area contributed by atoms with Crippen molar-refractivity contribution in [3.63, 3.8) is 0 Å². The van der Waals surface area contributed by atoms with Crippen LogP contribution in [0.3, 0.4) is 0 Å². The van der Waals surface area contributed by atoms with E-state index in [4.69, 9.17) is 24.8 Å². The quantitative estimate of drug-likeness (QED) is 0.0246. The Morgan fingerprint density at radius 1 is 0.620 bits per heavy atom. The van der Waals surface area contributed by atoms with Crippen molar-refractivity contribution in [3.05, 3.63) is 36.5 Å². The number of phosphoric ester groups is 1. The average Bonchev–Trinajstić information content (AvgIpc) is 3.09. The molecule has 0 aliphatic heterocycles. The van der Waals surface area contributed by atoms with Gasteiger partial charge in [-0.3, -0.25) is 23.4 Å². The Bertz CT molecular complexity index is 1000. The van der Waals surface area contributed by atoms with Crippen molar-refractivity contribution in [2.24, 2.45) is 5.73 Å². The van der Waals surface area contributed by atoms with E-state index in [1.807, 2.05) is 0 Å². The van der Waals surface area contributed by atoms with Gasteiger partial charge in [0.05, 0.1) is 13.2 Å². The van der Waals surface area contributed by atoms with Crippen LogP contribution < -0.4 is 5.73 Å². The van der Waals surface area contributed by atoms with Crippen LogP contribution >= 0.6 is 7.82 Å². The maximum Gasteiger partial charge on any atom is 0.472 e. The number of phosphoric acid groups is 1. The summed E-state index contributed by atoms with van der Waals surface area (Å²) in [6.07, 6.45) is 33.8. The molecule has 0 fully saturated rings. The summed E-state index contributed by atoms with van der Waals surface area (Å²) in [6, 6.07) is -1.52. The average molecular weight is 730 g/mol. The second-order valence-electron chi connectivity index (χ2n) is 12.7. The van der Waals surface area contributed by atoms with Crippen LogP contribution in [0.15, 0.2) is 36.5 Å². The van der Waals surface area contributed by atoms with E-state index in [0.29, 0.717) is 12.8 Å². The van der Waals surface area contributed by atoms with Crippen LogP contribution in [0.5, 0.6) is 0 Å². The van der Waals surface area contributed by atoms with E-state index in [2.05, 4.69) is 54.8 Å². The molecule has 11 nitrogen and oxygen atoms in total. The van der Waals surface area contributed by atoms with Crippen molar-refractivity contribution in [3.8, 4) is 0 Å². The summed E-state index contributed by atoms with van der Waals surface area (Å²) in [5, 5.41) is 8.84. The molecule has 0 bridgehead atoms. The number of allylic oxidation sites excluding steroid dienone is 6. The standard InChI is InChI=1S/C38H68NO10P/c1-3-5-7-9-11-12-13-14-15-16-17-18-19-20-21-22-24-26-28-30-37(41)49-34(32-47-50(44,45)48-33-35(39)38(42)43)31-46-36(40)29-27-25-23-10-8-6-4-2/h11-12,14-15,17-18,34-35H,3-10,13,16,19-33,39H2,1-2H3,(H,42,43)(H,44,45)/b12-11-,15-14-,18-17-. The van der Waals surface area contributed by atoms with Crippen molar-refractivity contribution in [1.29, 1.82) is 0 Å². The number of aliphatic carboxylic acids is 1. The van der Waals surface area contributed by atoms with Crippen molar-refractivity contribution in [2.75, 3.05) is 19.8 Å². The summed E-state index contributed by atoms with van der Waals surface area (Å²) < 4.78 is 32.4. The fraction of sp³-hybridized carbons (Fsp3) is 0.763. The second-order valence-corrected chi connectivity index (χ2v) is 14.2. The normalized spacial score (nSPS) is 14.3. The fourth-order valence-corrected chi connectivity index (χ4v) is 5.61. The minimum absolute atomic E-state index is 0.147. The number of nitrogens with two attached hydrogens (primary N) is 1. The molecule has 0 aromatic carbocycles. The summed E-state index contributed by atoms with van der Waals surface area (Å²) in [4.78, 5) is 45.6. The summed E-state index contributed by atoms with van der Waals surface area (Å²) in [7, 11) is -4.71. The van der Waals surface area contributed by atoms with Crippen LogP contribution in [0.4, 0.5) is 0 Å². The Hall–Kier alpha value is -2.30. The number of rotatable bonds is 35. The fourth-order valence-electron chi connectivity index (χ4n) is 4.83. The van der Waals surface area contributed by atoms with Crippen LogP contribution in [0.25, 0.3) is 0 Å². The number of carbonyl (C=O) groups excluding carboxylic acids is 2. The lowest BCUT2D eigenvalue weighted by molar-refractivity contribution is -0.161. The Kier molecular flexibility index (Phi) is 32.3. The first-order valence-electron chi connectivity index (χ1n) is 19.0. The Balaban J connectivity index is 4.37. The molecule has 0 heterocycles. The minimum atomic E-state index is -4.71. The predicted molar refractivity (Wildman–Crippen MR) is 199 cm³/mol. The van der Waals surface area contributed by atoms with E-state index in [9.17, 15) is 23.8 Å². The lowest BCUT2D eigenvalue weighted by Crippen LogP contribution is -2.34. The highest BCUT2D eigenvalue weighted by atomic mass is 31.2. The largest absolute Gasteiger partial charge is 0.480 e. The predicted octanol–water partition coefficient (Wildman–Crippen LogP) is 9.28. The molecule has 0 saturated heterocycles. The molecule has 4 N–H and O–H groups in total. The number of carboxylic acid groups (broad SMARTS) is 1. The Morgan fingerprint density at radius 3 is 1.62 bits per heavy atom. The molecule has 0 rings (SSSR count). The SMILES string of the molecule is CCCCC/C=C\C/C=C\C/C=C\CCCCCCCCC(=O)OC(COC(=O)CCCCCCCCC)COP(=O)(O)OCC(N)C(=O)O. The van der Waals surface area contributed by atoms with Gasteiger partial charge in [0.25, 0.3) is 0 Å².